The van der Waals surface area contributed by atoms with E-state index in [0.717, 1.165) is 17.1 Å². The number of aromatic nitrogens is 2. The number of hydrogen-bond donors (Lipinski definition) is 2. The molecule has 0 fully saturated rings. The third-order valence-electron chi connectivity index (χ3n) is 2.58. The van der Waals surface area contributed by atoms with Crippen LogP contribution in [0.1, 0.15) is 19.7 Å². The van der Waals surface area contributed by atoms with Gasteiger partial charge in [0.2, 0.25) is 0 Å². The lowest BCUT2D eigenvalue weighted by molar-refractivity contribution is 0.231. The van der Waals surface area contributed by atoms with Crippen molar-refractivity contribution in [3.63, 3.8) is 0 Å². The van der Waals surface area contributed by atoms with Gasteiger partial charge in [0.05, 0.1) is 24.5 Å². The van der Waals surface area contributed by atoms with Crippen LogP contribution in [0.25, 0.3) is 11.3 Å². The van der Waals surface area contributed by atoms with E-state index in [1.807, 2.05) is 27.0 Å². The van der Waals surface area contributed by atoms with Gasteiger partial charge in [0.15, 0.2) is 11.6 Å². The lowest BCUT2D eigenvalue weighted by atomic mass is 10.1. The maximum absolute atomic E-state index is 13.9. The Morgan fingerprint density at radius 1 is 1.42 bits per heavy atom. The van der Waals surface area contributed by atoms with Gasteiger partial charge >= 0.3 is 0 Å². The summed E-state index contributed by atoms with van der Waals surface area (Å²) in [5, 5.41) is 3.00. The fourth-order valence-corrected chi connectivity index (χ4v) is 1.78. The van der Waals surface area contributed by atoms with Gasteiger partial charge in [0.25, 0.3) is 0 Å². The van der Waals surface area contributed by atoms with Crippen LogP contribution in [-0.2, 0) is 6.54 Å². The predicted octanol–water partition coefficient (Wildman–Crippen LogP) is 2.72. The van der Waals surface area contributed by atoms with E-state index in [0.29, 0.717) is 6.54 Å². The van der Waals surface area contributed by atoms with E-state index in [-0.39, 0.29) is 17.7 Å². The number of imidazole rings is 1. The van der Waals surface area contributed by atoms with Crippen LogP contribution in [-0.4, -0.2) is 23.1 Å². The number of H-pyrrole nitrogens is 1. The highest BCUT2D eigenvalue weighted by molar-refractivity contribution is 5.59. The molecule has 0 bridgehead atoms. The van der Waals surface area contributed by atoms with Crippen LogP contribution in [0.4, 0.5) is 4.39 Å². The molecule has 0 saturated heterocycles. The number of aromatic amines is 1. The highest BCUT2D eigenvalue weighted by Crippen LogP contribution is 2.25. The summed E-state index contributed by atoms with van der Waals surface area (Å²) in [6.45, 7) is 4.38. The van der Waals surface area contributed by atoms with Crippen molar-refractivity contribution in [1.82, 2.24) is 15.3 Å². The average molecular weight is 263 g/mol. The zero-order valence-electron chi connectivity index (χ0n) is 11.3. The SMILES string of the molecule is CNCc1ncc(-c2ccc(OC(C)C)c(F)c2)[nH]1. The van der Waals surface area contributed by atoms with Crippen molar-refractivity contribution < 1.29 is 9.13 Å². The second-order valence-corrected chi connectivity index (χ2v) is 4.59. The Kier molecular flexibility index (Phi) is 4.16. The minimum absolute atomic E-state index is 0.0465. The van der Waals surface area contributed by atoms with Gasteiger partial charge in [0, 0.05) is 5.56 Å². The van der Waals surface area contributed by atoms with Crippen molar-refractivity contribution in [2.45, 2.75) is 26.5 Å². The van der Waals surface area contributed by atoms with Crippen LogP contribution < -0.4 is 10.1 Å². The summed E-state index contributed by atoms with van der Waals surface area (Å²) in [4.78, 5) is 7.35. The molecule has 1 aromatic heterocycles. The van der Waals surface area contributed by atoms with Crippen LogP contribution in [0.15, 0.2) is 24.4 Å². The molecule has 2 rings (SSSR count). The Hall–Kier alpha value is -1.88. The van der Waals surface area contributed by atoms with Crippen molar-refractivity contribution in [1.29, 1.82) is 0 Å². The maximum atomic E-state index is 13.9. The number of benzene rings is 1. The van der Waals surface area contributed by atoms with Crippen LogP contribution in [0.3, 0.4) is 0 Å². The normalized spacial score (nSPS) is 11.0. The van der Waals surface area contributed by atoms with Gasteiger partial charge in [-0.1, -0.05) is 0 Å². The van der Waals surface area contributed by atoms with E-state index in [2.05, 4.69) is 15.3 Å². The van der Waals surface area contributed by atoms with Gasteiger partial charge in [-0.3, -0.25) is 0 Å². The van der Waals surface area contributed by atoms with Crippen LogP contribution in [0, 0.1) is 5.82 Å². The van der Waals surface area contributed by atoms with Gasteiger partial charge in [-0.2, -0.15) is 0 Å². The van der Waals surface area contributed by atoms with E-state index < -0.39 is 0 Å². The number of nitrogens with zero attached hydrogens (tertiary/aromatic N) is 1. The molecule has 4 nitrogen and oxygen atoms in total. The van der Waals surface area contributed by atoms with Crippen LogP contribution in [0.5, 0.6) is 5.75 Å². The second-order valence-electron chi connectivity index (χ2n) is 4.59. The molecule has 2 aromatic rings. The fraction of sp³-hybridized carbons (Fsp3) is 0.357. The summed E-state index contributed by atoms with van der Waals surface area (Å²) in [7, 11) is 1.85. The van der Waals surface area contributed by atoms with Crippen molar-refractivity contribution in [3.8, 4) is 17.0 Å². The largest absolute Gasteiger partial charge is 0.488 e. The first-order valence-corrected chi connectivity index (χ1v) is 6.25. The zero-order chi connectivity index (χ0) is 13.8. The number of rotatable bonds is 5. The number of ether oxygens (including phenoxy) is 1. The lowest BCUT2D eigenvalue weighted by Crippen LogP contribution is -2.07. The molecule has 102 valence electrons. The Labute approximate surface area is 112 Å². The highest BCUT2D eigenvalue weighted by atomic mass is 19.1. The van der Waals surface area contributed by atoms with Crippen molar-refractivity contribution in [3.05, 3.63) is 36.0 Å². The maximum Gasteiger partial charge on any atom is 0.165 e. The third kappa shape index (κ3) is 3.32. The quantitative estimate of drug-likeness (QED) is 0.872. The summed E-state index contributed by atoms with van der Waals surface area (Å²) in [5.74, 6) is 0.727. The molecule has 0 unspecified atom stereocenters. The van der Waals surface area contributed by atoms with E-state index in [4.69, 9.17) is 4.74 Å². The van der Waals surface area contributed by atoms with E-state index >= 15 is 0 Å². The minimum atomic E-state index is -0.365. The second kappa shape index (κ2) is 5.84. The first-order chi connectivity index (χ1) is 9.10. The van der Waals surface area contributed by atoms with Crippen molar-refractivity contribution in [2.24, 2.45) is 0 Å². The Morgan fingerprint density at radius 3 is 2.84 bits per heavy atom. The molecule has 0 aliphatic heterocycles. The van der Waals surface area contributed by atoms with Crippen LogP contribution in [0.2, 0.25) is 0 Å². The fourth-order valence-electron chi connectivity index (χ4n) is 1.78. The molecule has 1 heterocycles. The van der Waals surface area contributed by atoms with Crippen LogP contribution >= 0.6 is 0 Å². The average Bonchev–Trinajstić information content (AvgIpc) is 2.80. The monoisotopic (exact) mass is 263 g/mol. The molecular formula is C14H18FN3O. The van der Waals surface area contributed by atoms with Crippen molar-refractivity contribution in [2.75, 3.05) is 7.05 Å². The summed E-state index contributed by atoms with van der Waals surface area (Å²) >= 11 is 0. The summed E-state index contributed by atoms with van der Waals surface area (Å²) in [6, 6.07) is 4.91. The molecule has 1 aromatic carbocycles. The molecule has 0 amide bonds. The highest BCUT2D eigenvalue weighted by Gasteiger charge is 2.09. The Morgan fingerprint density at radius 2 is 2.21 bits per heavy atom. The predicted molar refractivity (Wildman–Crippen MR) is 72.5 cm³/mol. The molecule has 0 spiro atoms. The molecule has 0 saturated carbocycles. The van der Waals surface area contributed by atoms with Gasteiger partial charge in [-0.05, 0) is 39.1 Å². The molecule has 2 N–H and O–H groups in total. The smallest absolute Gasteiger partial charge is 0.165 e. The van der Waals surface area contributed by atoms with Gasteiger partial charge in [-0.25, -0.2) is 9.37 Å². The Balaban J connectivity index is 2.22. The molecule has 0 atom stereocenters. The molecule has 0 radical (unpaired) electrons. The summed E-state index contributed by atoms with van der Waals surface area (Å²) in [5.41, 5.74) is 1.55. The molecule has 5 heteroatoms. The number of hydrogen-bond acceptors (Lipinski definition) is 3. The number of halogens is 1. The van der Waals surface area contributed by atoms with Gasteiger partial charge in [0.1, 0.15) is 5.82 Å². The molecular weight excluding hydrogens is 245 g/mol. The zero-order valence-corrected chi connectivity index (χ0v) is 11.3. The first-order valence-electron chi connectivity index (χ1n) is 6.25. The van der Waals surface area contributed by atoms with E-state index in [1.54, 1.807) is 12.3 Å². The standard InChI is InChI=1S/C14H18FN3O/c1-9(2)19-13-5-4-10(6-11(13)15)12-7-17-14(18-12)8-16-3/h4-7,9,16H,8H2,1-3H3,(H,17,18). The van der Waals surface area contributed by atoms with Crippen molar-refractivity contribution >= 4 is 0 Å². The van der Waals surface area contributed by atoms with E-state index in [9.17, 15) is 4.39 Å². The molecule has 0 aliphatic carbocycles. The topological polar surface area (TPSA) is 49.9 Å². The van der Waals surface area contributed by atoms with Gasteiger partial charge < -0.3 is 15.0 Å². The molecule has 19 heavy (non-hydrogen) atoms. The summed E-state index contributed by atoms with van der Waals surface area (Å²) < 4.78 is 19.2. The third-order valence-corrected chi connectivity index (χ3v) is 2.58. The lowest BCUT2D eigenvalue weighted by Gasteiger charge is -2.11. The molecule has 0 aliphatic rings. The minimum Gasteiger partial charge on any atom is -0.488 e. The van der Waals surface area contributed by atoms with Gasteiger partial charge in [-0.15, -0.1) is 0 Å². The number of nitrogens with one attached hydrogen (secondary N) is 2. The Bertz CT molecular complexity index is 551. The first kappa shape index (κ1) is 13.5. The summed E-state index contributed by atoms with van der Waals surface area (Å²) in [6.07, 6.45) is 1.65. The van der Waals surface area contributed by atoms with E-state index in [1.165, 1.54) is 6.07 Å².